The lowest BCUT2D eigenvalue weighted by atomic mass is 9.96. The average Bonchev–Trinajstić information content (AvgIpc) is 2.91. The van der Waals surface area contributed by atoms with Crippen molar-refractivity contribution in [2.24, 2.45) is 16.8 Å². The summed E-state index contributed by atoms with van der Waals surface area (Å²) in [5.41, 5.74) is 6.10. The lowest BCUT2D eigenvalue weighted by molar-refractivity contribution is 0.0700. The largest absolute Gasteiger partial charge is 0.472 e. The Morgan fingerprint density at radius 3 is 3.12 bits per heavy atom. The van der Waals surface area contributed by atoms with E-state index < -0.39 is 0 Å². The molecule has 3 N–H and O–H groups in total. The van der Waals surface area contributed by atoms with Crippen molar-refractivity contribution in [3.8, 4) is 0 Å². The number of piperidine rings is 1. The summed E-state index contributed by atoms with van der Waals surface area (Å²) in [7, 11) is 0. The Morgan fingerprint density at radius 2 is 2.47 bits per heavy atom. The maximum absolute atomic E-state index is 12.0. The van der Waals surface area contributed by atoms with Crippen molar-refractivity contribution < 1.29 is 14.4 Å². The van der Waals surface area contributed by atoms with Gasteiger partial charge in [0, 0.05) is 19.0 Å². The summed E-state index contributed by atoms with van der Waals surface area (Å²) < 4.78 is 4.89. The van der Waals surface area contributed by atoms with Crippen molar-refractivity contribution in [1.82, 2.24) is 4.90 Å². The van der Waals surface area contributed by atoms with E-state index in [9.17, 15) is 4.79 Å². The minimum Gasteiger partial charge on any atom is -0.472 e. The molecule has 1 aliphatic heterocycles. The van der Waals surface area contributed by atoms with Crippen molar-refractivity contribution in [3.05, 3.63) is 24.2 Å². The van der Waals surface area contributed by atoms with Gasteiger partial charge in [0.2, 0.25) is 0 Å². The molecule has 1 unspecified atom stereocenters. The molecule has 92 valence electrons. The molecule has 0 saturated carbocycles. The van der Waals surface area contributed by atoms with Crippen LogP contribution in [0.2, 0.25) is 0 Å². The van der Waals surface area contributed by atoms with Crippen LogP contribution >= 0.6 is 0 Å². The molecule has 1 aliphatic rings. The van der Waals surface area contributed by atoms with Gasteiger partial charge in [-0.1, -0.05) is 5.16 Å². The molecule has 2 rings (SSSR count). The van der Waals surface area contributed by atoms with Crippen LogP contribution in [0.4, 0.5) is 0 Å². The van der Waals surface area contributed by atoms with Gasteiger partial charge < -0.3 is 20.3 Å². The van der Waals surface area contributed by atoms with E-state index in [2.05, 4.69) is 5.16 Å². The smallest absolute Gasteiger partial charge is 0.257 e. The third kappa shape index (κ3) is 2.41. The first-order chi connectivity index (χ1) is 8.22. The Hall–Kier alpha value is -1.98. The molecule has 1 atom stereocenters. The van der Waals surface area contributed by atoms with Gasteiger partial charge >= 0.3 is 0 Å². The molecule has 0 bridgehead atoms. The van der Waals surface area contributed by atoms with Crippen molar-refractivity contribution in [2.75, 3.05) is 13.1 Å². The fraction of sp³-hybridized carbons (Fsp3) is 0.455. The number of furan rings is 1. The lowest BCUT2D eigenvalue weighted by Gasteiger charge is -2.31. The molecule has 1 saturated heterocycles. The van der Waals surface area contributed by atoms with Crippen LogP contribution in [0, 0.1) is 5.92 Å². The number of hydrogen-bond donors (Lipinski definition) is 2. The minimum atomic E-state index is -0.0748. The van der Waals surface area contributed by atoms with Crippen LogP contribution in [0.15, 0.2) is 28.2 Å². The number of carbonyl (C=O) groups is 1. The number of carbonyl (C=O) groups excluding carboxylic acids is 1. The van der Waals surface area contributed by atoms with Gasteiger partial charge in [-0.25, -0.2) is 0 Å². The van der Waals surface area contributed by atoms with Crippen LogP contribution in [0.1, 0.15) is 23.2 Å². The maximum atomic E-state index is 12.0. The van der Waals surface area contributed by atoms with E-state index in [1.54, 1.807) is 11.0 Å². The first kappa shape index (κ1) is 11.5. The fourth-order valence-corrected chi connectivity index (χ4v) is 2.05. The zero-order valence-corrected chi connectivity index (χ0v) is 9.37. The van der Waals surface area contributed by atoms with Gasteiger partial charge in [-0.2, -0.15) is 0 Å². The van der Waals surface area contributed by atoms with E-state index in [0.29, 0.717) is 18.7 Å². The summed E-state index contributed by atoms with van der Waals surface area (Å²) in [6.45, 7) is 1.18. The number of amidine groups is 1. The van der Waals surface area contributed by atoms with Gasteiger partial charge in [0.25, 0.3) is 5.91 Å². The van der Waals surface area contributed by atoms with Crippen molar-refractivity contribution >= 4 is 11.7 Å². The SMILES string of the molecule is NC(=NO)C1CCCN(C(=O)c2ccoc2)C1. The summed E-state index contributed by atoms with van der Waals surface area (Å²) in [4.78, 5) is 13.7. The second-order valence-corrected chi connectivity index (χ2v) is 4.13. The van der Waals surface area contributed by atoms with Gasteiger partial charge in [0.15, 0.2) is 0 Å². The topological polar surface area (TPSA) is 92.1 Å². The first-order valence-electron chi connectivity index (χ1n) is 5.51. The first-order valence-corrected chi connectivity index (χ1v) is 5.51. The van der Waals surface area contributed by atoms with Crippen LogP contribution in [-0.2, 0) is 0 Å². The highest BCUT2D eigenvalue weighted by Crippen LogP contribution is 2.18. The normalized spacial score (nSPS) is 21.5. The van der Waals surface area contributed by atoms with Crippen LogP contribution in [0.3, 0.4) is 0 Å². The van der Waals surface area contributed by atoms with E-state index in [0.717, 1.165) is 12.8 Å². The predicted molar refractivity (Wildman–Crippen MR) is 60.7 cm³/mol. The fourth-order valence-electron chi connectivity index (χ4n) is 2.05. The molecule has 1 amide bonds. The Labute approximate surface area is 98.7 Å². The summed E-state index contributed by atoms with van der Waals surface area (Å²) in [6, 6.07) is 1.63. The third-order valence-corrected chi connectivity index (χ3v) is 3.01. The quantitative estimate of drug-likeness (QED) is 0.345. The van der Waals surface area contributed by atoms with E-state index in [1.807, 2.05) is 0 Å². The summed E-state index contributed by atoms with van der Waals surface area (Å²) in [5, 5.41) is 11.6. The van der Waals surface area contributed by atoms with E-state index in [1.165, 1.54) is 12.5 Å². The Bertz CT molecular complexity index is 414. The number of likely N-dealkylation sites (tertiary alicyclic amines) is 1. The van der Waals surface area contributed by atoms with Gasteiger partial charge in [-0.05, 0) is 18.9 Å². The van der Waals surface area contributed by atoms with Crippen LogP contribution in [-0.4, -0.2) is 34.9 Å². The van der Waals surface area contributed by atoms with E-state index in [4.69, 9.17) is 15.4 Å². The second kappa shape index (κ2) is 4.90. The standard InChI is InChI=1S/C11H15N3O3/c12-10(13-16)8-2-1-4-14(6-8)11(15)9-3-5-17-7-9/h3,5,7-8,16H,1-2,4,6H2,(H2,12,13). The molecule has 0 radical (unpaired) electrons. The van der Waals surface area contributed by atoms with Crippen molar-refractivity contribution in [3.63, 3.8) is 0 Å². The molecule has 1 aromatic heterocycles. The Balaban J connectivity index is 2.05. The number of amides is 1. The molecule has 6 heteroatoms. The molecule has 0 aromatic carbocycles. The highest BCUT2D eigenvalue weighted by Gasteiger charge is 2.27. The van der Waals surface area contributed by atoms with Crippen molar-refractivity contribution in [1.29, 1.82) is 0 Å². The van der Waals surface area contributed by atoms with Crippen LogP contribution < -0.4 is 5.73 Å². The zero-order chi connectivity index (χ0) is 12.3. The Morgan fingerprint density at radius 1 is 1.65 bits per heavy atom. The van der Waals surface area contributed by atoms with Gasteiger partial charge in [0.05, 0.1) is 11.8 Å². The molecule has 17 heavy (non-hydrogen) atoms. The summed E-state index contributed by atoms with van der Waals surface area (Å²) in [6.07, 6.45) is 4.59. The highest BCUT2D eigenvalue weighted by atomic mass is 16.4. The van der Waals surface area contributed by atoms with Gasteiger partial charge in [-0.15, -0.1) is 0 Å². The number of rotatable bonds is 2. The highest BCUT2D eigenvalue weighted by molar-refractivity contribution is 5.94. The molecule has 1 aromatic rings. The molecule has 1 fully saturated rings. The predicted octanol–water partition coefficient (Wildman–Crippen LogP) is 0.878. The molecular weight excluding hydrogens is 222 g/mol. The van der Waals surface area contributed by atoms with Gasteiger partial charge in [0.1, 0.15) is 12.1 Å². The summed E-state index contributed by atoms with van der Waals surface area (Å²) in [5.74, 6) is 0.0495. The zero-order valence-electron chi connectivity index (χ0n) is 9.37. The van der Waals surface area contributed by atoms with Crippen molar-refractivity contribution in [2.45, 2.75) is 12.8 Å². The summed E-state index contributed by atoms with van der Waals surface area (Å²) >= 11 is 0. The minimum absolute atomic E-state index is 0.0652. The molecule has 0 aliphatic carbocycles. The van der Waals surface area contributed by atoms with Crippen LogP contribution in [0.5, 0.6) is 0 Å². The molecule has 2 heterocycles. The molecular formula is C11H15N3O3. The number of nitrogens with two attached hydrogens (primary N) is 1. The van der Waals surface area contributed by atoms with E-state index in [-0.39, 0.29) is 17.7 Å². The third-order valence-electron chi connectivity index (χ3n) is 3.01. The monoisotopic (exact) mass is 237 g/mol. The number of hydrogen-bond acceptors (Lipinski definition) is 4. The molecule has 6 nitrogen and oxygen atoms in total. The second-order valence-electron chi connectivity index (χ2n) is 4.13. The van der Waals surface area contributed by atoms with E-state index >= 15 is 0 Å². The number of nitrogens with zero attached hydrogens (tertiary/aromatic N) is 2. The number of oxime groups is 1. The maximum Gasteiger partial charge on any atom is 0.257 e. The molecule has 0 spiro atoms. The lowest BCUT2D eigenvalue weighted by Crippen LogP contribution is -2.44. The van der Waals surface area contributed by atoms with Gasteiger partial charge in [-0.3, -0.25) is 4.79 Å². The van der Waals surface area contributed by atoms with Crippen LogP contribution in [0.25, 0.3) is 0 Å². The average molecular weight is 237 g/mol. The Kier molecular flexibility index (Phi) is 3.32.